The maximum absolute atomic E-state index is 13.0. The van der Waals surface area contributed by atoms with Gasteiger partial charge in [-0.3, -0.25) is 9.36 Å². The molecule has 1 fully saturated rings. The molecule has 3 aromatic heterocycles. The Bertz CT molecular complexity index is 966. The lowest BCUT2D eigenvalue weighted by Crippen LogP contribution is -2.30. The molecule has 23 heavy (non-hydrogen) atoms. The summed E-state index contributed by atoms with van der Waals surface area (Å²) in [5, 5.41) is 1.04. The molecule has 0 N–H and O–H groups in total. The first-order chi connectivity index (χ1) is 11.1. The smallest absolute Gasteiger partial charge is 0.272 e. The number of aryl methyl sites for hydroxylation is 2. The van der Waals surface area contributed by atoms with Crippen molar-refractivity contribution >= 4 is 37.7 Å². The summed E-state index contributed by atoms with van der Waals surface area (Å²) >= 11 is 1.47. The van der Waals surface area contributed by atoms with Gasteiger partial charge in [0.05, 0.1) is 0 Å². The summed E-state index contributed by atoms with van der Waals surface area (Å²) in [5.41, 5.74) is 3.02. The summed E-state index contributed by atoms with van der Waals surface area (Å²) in [6, 6.07) is 2.07. The summed E-state index contributed by atoms with van der Waals surface area (Å²) in [6.45, 7) is 8.69. The van der Waals surface area contributed by atoms with Crippen LogP contribution in [0.5, 0.6) is 0 Å². The number of hydrogen-bond acceptors (Lipinski definition) is 5. The number of nitrogens with zero attached hydrogens (tertiary/aromatic N) is 4. The van der Waals surface area contributed by atoms with Crippen LogP contribution < -0.4 is 10.5 Å². The van der Waals surface area contributed by atoms with Crippen LogP contribution in [-0.2, 0) is 6.54 Å². The summed E-state index contributed by atoms with van der Waals surface area (Å²) in [7, 11) is 0. The van der Waals surface area contributed by atoms with Crippen molar-refractivity contribution in [3.63, 3.8) is 0 Å². The first kappa shape index (κ1) is 14.6. The van der Waals surface area contributed by atoms with Gasteiger partial charge in [0, 0.05) is 30.7 Å². The average Bonchev–Trinajstić information content (AvgIpc) is 3.14. The molecule has 0 bridgehead atoms. The highest BCUT2D eigenvalue weighted by Gasteiger charge is 2.22. The maximum atomic E-state index is 13.0. The van der Waals surface area contributed by atoms with Crippen LogP contribution in [0.25, 0.3) is 20.4 Å². The topological polar surface area (TPSA) is 51.0 Å². The second kappa shape index (κ2) is 5.30. The SMILES string of the molecule is CCn1c(N2CCCC2)nc2c(sc3nc(C)cc(C)c32)c1=O. The Kier molecular flexibility index (Phi) is 3.37. The zero-order chi connectivity index (χ0) is 16.1. The molecule has 120 valence electrons. The van der Waals surface area contributed by atoms with Crippen molar-refractivity contribution in [3.05, 3.63) is 27.7 Å². The zero-order valence-electron chi connectivity index (χ0n) is 13.7. The van der Waals surface area contributed by atoms with Crippen molar-refractivity contribution in [2.45, 2.75) is 40.2 Å². The van der Waals surface area contributed by atoms with E-state index in [1.165, 1.54) is 24.2 Å². The molecule has 1 aliphatic rings. The standard InChI is InChI=1S/C17H20N4OS/c1-4-21-16(22)14-13(19-17(21)20-7-5-6-8-20)12-10(2)9-11(3)18-15(12)23-14/h9H,4-8H2,1-3H3. The molecule has 0 aromatic carbocycles. The quantitative estimate of drug-likeness (QED) is 0.724. The average molecular weight is 328 g/mol. The number of aromatic nitrogens is 3. The number of hydrogen-bond donors (Lipinski definition) is 0. The summed E-state index contributed by atoms with van der Waals surface area (Å²) < 4.78 is 2.54. The number of anilines is 1. The van der Waals surface area contributed by atoms with Gasteiger partial charge in [-0.2, -0.15) is 0 Å². The molecule has 0 amide bonds. The first-order valence-corrected chi connectivity index (χ1v) is 8.98. The van der Waals surface area contributed by atoms with Crippen LogP contribution in [0.3, 0.4) is 0 Å². The van der Waals surface area contributed by atoms with Gasteiger partial charge < -0.3 is 4.90 Å². The van der Waals surface area contributed by atoms with Gasteiger partial charge in [0.25, 0.3) is 5.56 Å². The van der Waals surface area contributed by atoms with Crippen molar-refractivity contribution in [2.24, 2.45) is 0 Å². The fourth-order valence-corrected chi connectivity index (χ4v) is 4.68. The minimum absolute atomic E-state index is 0.0689. The van der Waals surface area contributed by atoms with Crippen LogP contribution >= 0.6 is 11.3 Å². The van der Waals surface area contributed by atoms with E-state index in [0.717, 1.165) is 50.7 Å². The molecule has 0 aliphatic carbocycles. The van der Waals surface area contributed by atoms with Gasteiger partial charge in [-0.15, -0.1) is 11.3 Å². The van der Waals surface area contributed by atoms with Crippen LogP contribution in [0, 0.1) is 13.8 Å². The normalized spacial score (nSPS) is 15.2. The van der Waals surface area contributed by atoms with Crippen molar-refractivity contribution < 1.29 is 0 Å². The second-order valence-electron chi connectivity index (χ2n) is 6.20. The van der Waals surface area contributed by atoms with E-state index in [2.05, 4.69) is 22.9 Å². The molecule has 0 spiro atoms. The highest BCUT2D eigenvalue weighted by molar-refractivity contribution is 7.25. The van der Waals surface area contributed by atoms with Gasteiger partial charge >= 0.3 is 0 Å². The van der Waals surface area contributed by atoms with E-state index >= 15 is 0 Å². The number of rotatable bonds is 2. The molecule has 0 saturated carbocycles. The molecule has 6 heteroatoms. The third-order valence-electron chi connectivity index (χ3n) is 4.56. The lowest BCUT2D eigenvalue weighted by molar-refractivity contribution is 0.693. The minimum atomic E-state index is 0.0689. The fourth-order valence-electron chi connectivity index (χ4n) is 3.49. The number of thiophene rings is 1. The van der Waals surface area contributed by atoms with Gasteiger partial charge in [0.1, 0.15) is 15.0 Å². The molecule has 4 heterocycles. The van der Waals surface area contributed by atoms with Crippen LogP contribution in [0.2, 0.25) is 0 Å². The Morgan fingerprint density at radius 2 is 1.96 bits per heavy atom. The third-order valence-corrected chi connectivity index (χ3v) is 5.62. The van der Waals surface area contributed by atoms with Gasteiger partial charge in [0.15, 0.2) is 0 Å². The lowest BCUT2D eigenvalue weighted by Gasteiger charge is -2.20. The lowest BCUT2D eigenvalue weighted by atomic mass is 10.1. The number of pyridine rings is 1. The van der Waals surface area contributed by atoms with E-state index in [1.54, 1.807) is 0 Å². The molecule has 4 rings (SSSR count). The van der Waals surface area contributed by atoms with Gasteiger partial charge in [-0.25, -0.2) is 9.97 Å². The predicted octanol–water partition coefficient (Wildman–Crippen LogP) is 3.24. The van der Waals surface area contributed by atoms with Gasteiger partial charge in [-0.05, 0) is 45.2 Å². The van der Waals surface area contributed by atoms with Crippen molar-refractivity contribution in [1.29, 1.82) is 0 Å². The van der Waals surface area contributed by atoms with Crippen LogP contribution in [0.4, 0.5) is 5.95 Å². The van der Waals surface area contributed by atoms with Crippen LogP contribution in [-0.4, -0.2) is 27.6 Å². The summed E-state index contributed by atoms with van der Waals surface area (Å²) in [5.74, 6) is 0.821. The molecule has 0 atom stereocenters. The van der Waals surface area contributed by atoms with Gasteiger partial charge in [-0.1, -0.05) is 0 Å². The minimum Gasteiger partial charge on any atom is -0.342 e. The molecule has 0 radical (unpaired) electrons. The van der Waals surface area contributed by atoms with Crippen LogP contribution in [0.1, 0.15) is 31.0 Å². The molecule has 0 unspecified atom stereocenters. The van der Waals surface area contributed by atoms with E-state index in [0.29, 0.717) is 6.54 Å². The summed E-state index contributed by atoms with van der Waals surface area (Å²) in [6.07, 6.45) is 2.34. The highest BCUT2D eigenvalue weighted by atomic mass is 32.1. The molecular weight excluding hydrogens is 308 g/mol. The van der Waals surface area contributed by atoms with E-state index in [9.17, 15) is 4.79 Å². The van der Waals surface area contributed by atoms with Crippen molar-refractivity contribution in [3.8, 4) is 0 Å². The Hall–Kier alpha value is -1.95. The van der Waals surface area contributed by atoms with E-state index in [1.807, 2.05) is 18.4 Å². The van der Waals surface area contributed by atoms with E-state index in [-0.39, 0.29) is 5.56 Å². The molecular formula is C17H20N4OS. The molecule has 5 nitrogen and oxygen atoms in total. The zero-order valence-corrected chi connectivity index (χ0v) is 14.5. The van der Waals surface area contributed by atoms with E-state index in [4.69, 9.17) is 4.98 Å². The Morgan fingerprint density at radius 1 is 1.22 bits per heavy atom. The predicted molar refractivity (Wildman–Crippen MR) is 95.8 cm³/mol. The van der Waals surface area contributed by atoms with Crippen LogP contribution in [0.15, 0.2) is 10.9 Å². The second-order valence-corrected chi connectivity index (χ2v) is 7.19. The summed E-state index contributed by atoms with van der Waals surface area (Å²) in [4.78, 5) is 25.7. The van der Waals surface area contributed by atoms with Crippen molar-refractivity contribution in [1.82, 2.24) is 14.5 Å². The molecule has 1 aliphatic heterocycles. The van der Waals surface area contributed by atoms with Gasteiger partial charge in [0.2, 0.25) is 5.95 Å². The Morgan fingerprint density at radius 3 is 2.65 bits per heavy atom. The van der Waals surface area contributed by atoms with Crippen molar-refractivity contribution in [2.75, 3.05) is 18.0 Å². The molecule has 3 aromatic rings. The highest BCUT2D eigenvalue weighted by Crippen LogP contribution is 2.33. The third kappa shape index (κ3) is 2.16. The van der Waals surface area contributed by atoms with E-state index < -0.39 is 0 Å². The Balaban J connectivity index is 2.11. The fraction of sp³-hybridized carbons (Fsp3) is 0.471. The molecule has 1 saturated heterocycles. The largest absolute Gasteiger partial charge is 0.342 e. The maximum Gasteiger partial charge on any atom is 0.272 e. The number of fused-ring (bicyclic) bond motifs is 3. The monoisotopic (exact) mass is 328 g/mol. The first-order valence-electron chi connectivity index (χ1n) is 8.16. The Labute approximate surface area is 138 Å².